The van der Waals surface area contributed by atoms with Gasteiger partial charge in [-0.1, -0.05) is 0 Å². The van der Waals surface area contributed by atoms with E-state index in [9.17, 15) is 10.1 Å². The maximum Gasteiger partial charge on any atom is 0.390 e. The summed E-state index contributed by atoms with van der Waals surface area (Å²) in [4.78, 5) is 13.7. The van der Waals surface area contributed by atoms with Crippen molar-refractivity contribution in [3.05, 3.63) is 46.4 Å². The van der Waals surface area contributed by atoms with Crippen molar-refractivity contribution in [2.75, 3.05) is 0 Å². The highest BCUT2D eigenvalue weighted by Gasteiger charge is 2.11. The molecule has 2 aromatic heterocycles. The van der Waals surface area contributed by atoms with Gasteiger partial charge in [-0.3, -0.25) is 0 Å². The Kier molecular flexibility index (Phi) is 2.31. The number of hydrogen-bond donors (Lipinski definition) is 0. The minimum Gasteiger partial charge on any atom is -0.358 e. The maximum absolute atomic E-state index is 10.4. The summed E-state index contributed by atoms with van der Waals surface area (Å²) in [5.74, 6) is -0.232. The van der Waals surface area contributed by atoms with Crippen LogP contribution in [0.2, 0.25) is 0 Å². The summed E-state index contributed by atoms with van der Waals surface area (Å²) < 4.78 is 1.33. The lowest BCUT2D eigenvalue weighted by atomic mass is 10.3. The molecule has 0 bridgehead atoms. The van der Waals surface area contributed by atoms with Gasteiger partial charge in [0, 0.05) is 0 Å². The number of nitro groups is 1. The van der Waals surface area contributed by atoms with E-state index < -0.39 is 4.92 Å². The Morgan fingerprint density at radius 2 is 2.25 bits per heavy atom. The zero-order valence-electron chi connectivity index (χ0n) is 7.94. The van der Waals surface area contributed by atoms with Crippen LogP contribution in [0.4, 0.5) is 5.82 Å². The molecular formula is C9H5N5O2. The molecule has 0 saturated heterocycles. The van der Waals surface area contributed by atoms with Crippen LogP contribution >= 0.6 is 0 Å². The van der Waals surface area contributed by atoms with Gasteiger partial charge in [0.05, 0.1) is 23.6 Å². The van der Waals surface area contributed by atoms with Crippen molar-refractivity contribution >= 4 is 5.82 Å². The van der Waals surface area contributed by atoms with Gasteiger partial charge in [-0.25, -0.2) is 4.98 Å². The van der Waals surface area contributed by atoms with Crippen molar-refractivity contribution < 1.29 is 4.92 Å². The van der Waals surface area contributed by atoms with E-state index in [1.165, 1.54) is 29.2 Å². The third-order valence-electron chi connectivity index (χ3n) is 1.89. The molecular weight excluding hydrogens is 210 g/mol. The molecule has 0 N–H and O–H groups in total. The fraction of sp³-hybridized carbons (Fsp3) is 0. The van der Waals surface area contributed by atoms with Crippen LogP contribution in [0, 0.1) is 21.4 Å². The van der Waals surface area contributed by atoms with Gasteiger partial charge in [0.15, 0.2) is 0 Å². The Morgan fingerprint density at radius 1 is 1.44 bits per heavy atom. The van der Waals surface area contributed by atoms with E-state index in [0.717, 1.165) is 0 Å². The summed E-state index contributed by atoms with van der Waals surface area (Å²) in [6.45, 7) is 0. The lowest BCUT2D eigenvalue weighted by Crippen LogP contribution is -1.97. The SMILES string of the molecule is N#Cc1ccc(-n2ccc([N+](=O)[O-])n2)cn1. The molecule has 7 heteroatoms. The normalized spacial score (nSPS) is 9.69. The predicted molar refractivity (Wildman–Crippen MR) is 52.7 cm³/mol. The molecule has 0 spiro atoms. The number of nitrogens with zero attached hydrogens (tertiary/aromatic N) is 5. The molecule has 7 nitrogen and oxygen atoms in total. The molecule has 0 aliphatic heterocycles. The molecule has 0 saturated carbocycles. The first-order chi connectivity index (χ1) is 7.70. The Morgan fingerprint density at radius 3 is 2.75 bits per heavy atom. The van der Waals surface area contributed by atoms with Crippen LogP contribution in [0.5, 0.6) is 0 Å². The average molecular weight is 215 g/mol. The van der Waals surface area contributed by atoms with Crippen LogP contribution in [0.1, 0.15) is 5.69 Å². The molecule has 2 heterocycles. The molecule has 0 atom stereocenters. The van der Waals surface area contributed by atoms with Crippen molar-refractivity contribution in [2.24, 2.45) is 0 Å². The molecule has 0 unspecified atom stereocenters. The standard InChI is InChI=1S/C9H5N5O2/c10-5-7-1-2-8(6-11-7)13-4-3-9(12-13)14(15)16/h1-4,6H. The van der Waals surface area contributed by atoms with E-state index in [-0.39, 0.29) is 11.5 Å². The summed E-state index contributed by atoms with van der Waals surface area (Å²) in [6.07, 6.45) is 2.89. The third-order valence-corrected chi connectivity index (χ3v) is 1.89. The summed E-state index contributed by atoms with van der Waals surface area (Å²) >= 11 is 0. The van der Waals surface area contributed by atoms with E-state index >= 15 is 0 Å². The summed E-state index contributed by atoms with van der Waals surface area (Å²) in [7, 11) is 0. The predicted octanol–water partition coefficient (Wildman–Crippen LogP) is 1.05. The van der Waals surface area contributed by atoms with Crippen LogP contribution in [0.3, 0.4) is 0 Å². The highest BCUT2D eigenvalue weighted by molar-refractivity contribution is 5.33. The second kappa shape index (κ2) is 3.78. The van der Waals surface area contributed by atoms with Gasteiger partial charge in [0.1, 0.15) is 17.5 Å². The van der Waals surface area contributed by atoms with Crippen LogP contribution in [0.25, 0.3) is 5.69 Å². The Labute approximate surface area is 89.7 Å². The summed E-state index contributed by atoms with van der Waals surface area (Å²) in [5, 5.41) is 22.7. The molecule has 16 heavy (non-hydrogen) atoms. The highest BCUT2D eigenvalue weighted by Crippen LogP contribution is 2.11. The number of hydrogen-bond acceptors (Lipinski definition) is 5. The van der Waals surface area contributed by atoms with Crippen molar-refractivity contribution in [3.8, 4) is 11.8 Å². The van der Waals surface area contributed by atoms with Crippen molar-refractivity contribution in [1.29, 1.82) is 5.26 Å². The fourth-order valence-electron chi connectivity index (χ4n) is 1.14. The topological polar surface area (TPSA) is 97.6 Å². The molecule has 0 aliphatic rings. The third kappa shape index (κ3) is 1.72. The van der Waals surface area contributed by atoms with Gasteiger partial charge in [0.25, 0.3) is 0 Å². The average Bonchev–Trinajstić information content (AvgIpc) is 2.78. The minimum atomic E-state index is -0.576. The van der Waals surface area contributed by atoms with Crippen LogP contribution < -0.4 is 0 Å². The maximum atomic E-state index is 10.4. The highest BCUT2D eigenvalue weighted by atomic mass is 16.6. The van der Waals surface area contributed by atoms with E-state index in [4.69, 9.17) is 5.26 Å². The molecule has 78 valence electrons. The Hall–Kier alpha value is -2.75. The zero-order valence-corrected chi connectivity index (χ0v) is 7.94. The number of nitriles is 1. The minimum absolute atomic E-state index is 0.232. The van der Waals surface area contributed by atoms with E-state index in [1.54, 1.807) is 6.07 Å². The van der Waals surface area contributed by atoms with Crippen LogP contribution in [0.15, 0.2) is 30.6 Å². The zero-order chi connectivity index (χ0) is 11.5. The van der Waals surface area contributed by atoms with Gasteiger partial charge < -0.3 is 10.1 Å². The largest absolute Gasteiger partial charge is 0.390 e. The smallest absolute Gasteiger partial charge is 0.358 e. The lowest BCUT2D eigenvalue weighted by Gasteiger charge is -1.94. The molecule has 0 amide bonds. The van der Waals surface area contributed by atoms with Crippen LogP contribution in [-0.4, -0.2) is 19.7 Å². The molecule has 0 aromatic carbocycles. The van der Waals surface area contributed by atoms with Gasteiger partial charge in [-0.05, 0) is 17.1 Å². The van der Waals surface area contributed by atoms with Gasteiger partial charge in [0.2, 0.25) is 0 Å². The number of rotatable bonds is 2. The second-order valence-electron chi connectivity index (χ2n) is 2.89. The number of aromatic nitrogens is 3. The quantitative estimate of drug-likeness (QED) is 0.550. The monoisotopic (exact) mass is 215 g/mol. The molecule has 0 radical (unpaired) electrons. The summed E-state index contributed by atoms with van der Waals surface area (Å²) in [6, 6.07) is 6.30. The van der Waals surface area contributed by atoms with Crippen molar-refractivity contribution in [3.63, 3.8) is 0 Å². The first kappa shape index (κ1) is 9.79. The molecule has 0 fully saturated rings. The molecule has 0 aliphatic carbocycles. The molecule has 2 rings (SSSR count). The van der Waals surface area contributed by atoms with E-state index in [1.807, 2.05) is 6.07 Å². The number of pyridine rings is 1. The van der Waals surface area contributed by atoms with Crippen LogP contribution in [-0.2, 0) is 0 Å². The Bertz CT molecular complexity index is 566. The summed E-state index contributed by atoms with van der Waals surface area (Å²) in [5.41, 5.74) is 0.845. The molecule has 2 aromatic rings. The van der Waals surface area contributed by atoms with E-state index in [2.05, 4.69) is 10.1 Å². The van der Waals surface area contributed by atoms with E-state index in [0.29, 0.717) is 5.69 Å². The first-order valence-electron chi connectivity index (χ1n) is 4.27. The second-order valence-corrected chi connectivity index (χ2v) is 2.89. The van der Waals surface area contributed by atoms with Crippen molar-refractivity contribution in [2.45, 2.75) is 0 Å². The van der Waals surface area contributed by atoms with Crippen molar-refractivity contribution in [1.82, 2.24) is 14.8 Å². The fourth-order valence-corrected chi connectivity index (χ4v) is 1.14. The first-order valence-corrected chi connectivity index (χ1v) is 4.27. The van der Waals surface area contributed by atoms with Gasteiger partial charge in [-0.15, -0.1) is 4.68 Å². The Balaban J connectivity index is 2.36. The van der Waals surface area contributed by atoms with Gasteiger partial charge in [-0.2, -0.15) is 5.26 Å². The van der Waals surface area contributed by atoms with Gasteiger partial charge >= 0.3 is 5.82 Å². The lowest BCUT2D eigenvalue weighted by molar-refractivity contribution is -0.389.